The van der Waals surface area contributed by atoms with Crippen LogP contribution < -0.4 is 10.9 Å². The molecule has 2 heterocycles. The van der Waals surface area contributed by atoms with Gasteiger partial charge in [-0.2, -0.15) is 0 Å². The number of aromatic nitrogens is 1. The van der Waals surface area contributed by atoms with E-state index in [9.17, 15) is 14.0 Å². The summed E-state index contributed by atoms with van der Waals surface area (Å²) in [5, 5.41) is 3.31. The summed E-state index contributed by atoms with van der Waals surface area (Å²) in [5.74, 6) is -0.517. The number of amides is 1. The molecule has 3 rings (SSSR count). The minimum absolute atomic E-state index is 0.201. The number of thiophene rings is 1. The van der Waals surface area contributed by atoms with Crippen LogP contribution in [0, 0.1) is 12.7 Å². The lowest BCUT2D eigenvalue weighted by Crippen LogP contribution is -2.27. The topological polar surface area (TPSA) is 51.1 Å². The lowest BCUT2D eigenvalue weighted by atomic mass is 10.1. The van der Waals surface area contributed by atoms with Crippen LogP contribution in [-0.4, -0.2) is 17.0 Å². The highest BCUT2D eigenvalue weighted by molar-refractivity contribution is 7.19. The molecule has 0 unspecified atom stereocenters. The van der Waals surface area contributed by atoms with Crippen molar-refractivity contribution in [3.63, 3.8) is 0 Å². The number of aryl methyl sites for hydroxylation is 1. The van der Waals surface area contributed by atoms with Gasteiger partial charge in [-0.25, -0.2) is 4.39 Å². The molecule has 130 valence electrons. The Labute approximate surface area is 148 Å². The number of nitrogens with one attached hydrogen (secondary N) is 1. The molecule has 0 bridgehead atoms. The molecule has 0 spiro atoms. The number of hydrogen-bond donors (Lipinski definition) is 1. The molecule has 25 heavy (non-hydrogen) atoms. The van der Waals surface area contributed by atoms with Crippen LogP contribution in [0.2, 0.25) is 0 Å². The zero-order valence-electron chi connectivity index (χ0n) is 14.1. The van der Waals surface area contributed by atoms with Gasteiger partial charge in [0.05, 0.1) is 17.5 Å². The van der Waals surface area contributed by atoms with E-state index >= 15 is 0 Å². The van der Waals surface area contributed by atoms with Gasteiger partial charge in [0, 0.05) is 22.3 Å². The first-order chi connectivity index (χ1) is 12.0. The largest absolute Gasteiger partial charge is 0.352 e. The Morgan fingerprint density at radius 1 is 1.24 bits per heavy atom. The number of carbonyl (C=O) groups excluding carboxylic acids is 1. The number of halogens is 1. The van der Waals surface area contributed by atoms with Crippen molar-refractivity contribution < 1.29 is 9.18 Å². The minimum atomic E-state index is -0.310. The monoisotopic (exact) mass is 358 g/mol. The Kier molecular flexibility index (Phi) is 4.99. The van der Waals surface area contributed by atoms with Gasteiger partial charge in [-0.3, -0.25) is 9.59 Å². The highest BCUT2D eigenvalue weighted by Crippen LogP contribution is 2.28. The van der Waals surface area contributed by atoms with Gasteiger partial charge < -0.3 is 9.88 Å². The quantitative estimate of drug-likeness (QED) is 0.756. The predicted molar refractivity (Wildman–Crippen MR) is 98.9 cm³/mol. The SMILES string of the molecule is CCCNC(=O)c1c(C)sc2ccn(Cc3ccc(F)cc3)c(=O)c12. The lowest BCUT2D eigenvalue weighted by molar-refractivity contribution is 0.0955. The van der Waals surface area contributed by atoms with Crippen LogP contribution in [0.15, 0.2) is 41.3 Å². The number of hydrogen-bond acceptors (Lipinski definition) is 3. The highest BCUT2D eigenvalue weighted by Gasteiger charge is 2.19. The van der Waals surface area contributed by atoms with Crippen LogP contribution in [0.4, 0.5) is 4.39 Å². The highest BCUT2D eigenvalue weighted by atomic mass is 32.1. The Bertz CT molecular complexity index is 973. The van der Waals surface area contributed by atoms with Crippen molar-refractivity contribution in [3.05, 3.63) is 68.7 Å². The van der Waals surface area contributed by atoms with Crippen LogP contribution in [0.1, 0.15) is 34.1 Å². The molecule has 0 radical (unpaired) electrons. The van der Waals surface area contributed by atoms with Crippen LogP contribution in [0.5, 0.6) is 0 Å². The first-order valence-electron chi connectivity index (χ1n) is 8.16. The van der Waals surface area contributed by atoms with Crippen molar-refractivity contribution in [2.45, 2.75) is 26.8 Å². The van der Waals surface area contributed by atoms with Crippen molar-refractivity contribution in [2.24, 2.45) is 0 Å². The Morgan fingerprint density at radius 2 is 1.96 bits per heavy atom. The van der Waals surface area contributed by atoms with E-state index in [0.717, 1.165) is 21.6 Å². The van der Waals surface area contributed by atoms with Gasteiger partial charge in [-0.15, -0.1) is 11.3 Å². The summed E-state index contributed by atoms with van der Waals surface area (Å²) in [6, 6.07) is 7.91. The van der Waals surface area contributed by atoms with E-state index in [-0.39, 0.29) is 17.3 Å². The smallest absolute Gasteiger partial charge is 0.260 e. The van der Waals surface area contributed by atoms with Gasteiger partial charge in [0.25, 0.3) is 11.5 Å². The molecule has 0 aliphatic rings. The predicted octanol–water partition coefficient (Wildman–Crippen LogP) is 3.70. The zero-order chi connectivity index (χ0) is 18.0. The first-order valence-corrected chi connectivity index (χ1v) is 8.98. The molecule has 0 aliphatic heterocycles. The molecule has 0 atom stereocenters. The van der Waals surface area contributed by atoms with Crippen LogP contribution in [-0.2, 0) is 6.54 Å². The second kappa shape index (κ2) is 7.19. The second-order valence-corrected chi connectivity index (χ2v) is 7.16. The summed E-state index contributed by atoms with van der Waals surface area (Å²) in [4.78, 5) is 26.2. The zero-order valence-corrected chi connectivity index (χ0v) is 15.0. The first kappa shape index (κ1) is 17.4. The van der Waals surface area contributed by atoms with Crippen molar-refractivity contribution in [3.8, 4) is 0 Å². The molecule has 1 aromatic carbocycles. The molecule has 0 saturated heterocycles. The molecule has 2 aromatic heterocycles. The van der Waals surface area contributed by atoms with Crippen molar-refractivity contribution in [1.82, 2.24) is 9.88 Å². The van der Waals surface area contributed by atoms with Crippen LogP contribution in [0.3, 0.4) is 0 Å². The minimum Gasteiger partial charge on any atom is -0.352 e. The summed E-state index contributed by atoms with van der Waals surface area (Å²) < 4.78 is 15.4. The lowest BCUT2D eigenvalue weighted by Gasteiger charge is -2.08. The van der Waals surface area contributed by atoms with Gasteiger partial charge in [0.2, 0.25) is 0 Å². The fraction of sp³-hybridized carbons (Fsp3) is 0.263. The summed E-state index contributed by atoms with van der Waals surface area (Å²) >= 11 is 1.45. The number of carbonyl (C=O) groups is 1. The maximum Gasteiger partial charge on any atom is 0.260 e. The van der Waals surface area contributed by atoms with Gasteiger partial charge in [0.1, 0.15) is 5.82 Å². The summed E-state index contributed by atoms with van der Waals surface area (Å²) in [5.41, 5.74) is 1.09. The van der Waals surface area contributed by atoms with E-state index in [1.807, 2.05) is 19.9 Å². The van der Waals surface area contributed by atoms with E-state index in [4.69, 9.17) is 0 Å². The van der Waals surface area contributed by atoms with Crippen molar-refractivity contribution in [1.29, 1.82) is 0 Å². The Morgan fingerprint density at radius 3 is 2.64 bits per heavy atom. The van der Waals surface area contributed by atoms with Crippen LogP contribution in [0.25, 0.3) is 10.1 Å². The molecular weight excluding hydrogens is 339 g/mol. The number of fused-ring (bicyclic) bond motifs is 1. The van der Waals surface area contributed by atoms with E-state index < -0.39 is 0 Å². The Hall–Kier alpha value is -2.47. The molecule has 0 saturated carbocycles. The standard InChI is InChI=1S/C19H19FN2O2S/c1-3-9-21-18(23)16-12(2)25-15-8-10-22(19(24)17(15)16)11-13-4-6-14(20)7-5-13/h4-8,10H,3,9,11H2,1-2H3,(H,21,23). The van der Waals surface area contributed by atoms with Gasteiger partial charge in [-0.05, 0) is 37.1 Å². The molecule has 1 amide bonds. The average Bonchev–Trinajstić information content (AvgIpc) is 2.94. The second-order valence-electron chi connectivity index (χ2n) is 5.90. The molecule has 0 aliphatic carbocycles. The molecule has 6 heteroatoms. The molecular formula is C19H19FN2O2S. The fourth-order valence-electron chi connectivity index (χ4n) is 2.78. The Balaban J connectivity index is 2.05. The third kappa shape index (κ3) is 3.49. The van der Waals surface area contributed by atoms with Gasteiger partial charge in [0.15, 0.2) is 0 Å². The number of benzene rings is 1. The number of nitrogens with zero attached hydrogens (tertiary/aromatic N) is 1. The average molecular weight is 358 g/mol. The summed E-state index contributed by atoms with van der Waals surface area (Å²) in [6.45, 7) is 4.75. The summed E-state index contributed by atoms with van der Waals surface area (Å²) in [7, 11) is 0. The third-order valence-corrected chi connectivity index (χ3v) is 5.09. The molecule has 4 nitrogen and oxygen atoms in total. The van der Waals surface area contributed by atoms with Crippen LogP contribution >= 0.6 is 11.3 Å². The van der Waals surface area contributed by atoms with E-state index in [0.29, 0.717) is 24.0 Å². The van der Waals surface area contributed by atoms with Gasteiger partial charge >= 0.3 is 0 Å². The van der Waals surface area contributed by atoms with E-state index in [1.165, 1.54) is 23.5 Å². The fourth-order valence-corrected chi connectivity index (χ4v) is 3.82. The molecule has 1 N–H and O–H groups in total. The van der Waals surface area contributed by atoms with Crippen molar-refractivity contribution in [2.75, 3.05) is 6.54 Å². The third-order valence-electron chi connectivity index (χ3n) is 4.02. The molecule has 0 fully saturated rings. The number of pyridine rings is 1. The van der Waals surface area contributed by atoms with Gasteiger partial charge in [-0.1, -0.05) is 19.1 Å². The van der Waals surface area contributed by atoms with E-state index in [2.05, 4.69) is 5.32 Å². The number of rotatable bonds is 5. The van der Waals surface area contributed by atoms with Crippen molar-refractivity contribution >= 4 is 27.3 Å². The summed E-state index contributed by atoms with van der Waals surface area (Å²) in [6.07, 6.45) is 2.55. The maximum absolute atomic E-state index is 13.0. The maximum atomic E-state index is 13.0. The normalized spacial score (nSPS) is 11.0. The molecule has 3 aromatic rings. The van der Waals surface area contributed by atoms with E-state index in [1.54, 1.807) is 22.9 Å².